The molecule has 0 saturated carbocycles. The van der Waals surface area contributed by atoms with Crippen LogP contribution in [0, 0.1) is 6.92 Å². The Bertz CT molecular complexity index is 1190. The quantitative estimate of drug-likeness (QED) is 0.425. The van der Waals surface area contributed by atoms with Crippen LogP contribution in [-0.2, 0) is 11.3 Å². The molecule has 2 heterocycles. The summed E-state index contributed by atoms with van der Waals surface area (Å²) in [6.45, 7) is 7.62. The Morgan fingerprint density at radius 2 is 1.85 bits per heavy atom. The third-order valence-corrected chi connectivity index (χ3v) is 6.40. The van der Waals surface area contributed by atoms with Gasteiger partial charge in [0.1, 0.15) is 16.4 Å². The topological polar surface area (TPSA) is 145 Å². The molecule has 0 fully saturated rings. The van der Waals surface area contributed by atoms with Crippen LogP contribution in [0.3, 0.4) is 0 Å². The molecule has 0 aliphatic rings. The molecule has 0 saturated heterocycles. The van der Waals surface area contributed by atoms with Crippen molar-refractivity contribution in [1.29, 1.82) is 0 Å². The number of hydrogen-bond acceptors (Lipinski definition) is 7. The van der Waals surface area contributed by atoms with E-state index >= 15 is 0 Å². The number of rotatable bonds is 9. The molecule has 0 aliphatic carbocycles. The molecule has 3 amide bonds. The van der Waals surface area contributed by atoms with Crippen LogP contribution in [0.2, 0.25) is 0 Å². The Morgan fingerprint density at radius 1 is 1.18 bits per heavy atom. The molecule has 180 valence electrons. The number of aromatic nitrogens is 1. The number of amides is 3. The summed E-state index contributed by atoms with van der Waals surface area (Å²) >= 11 is 0.769. The molecule has 0 radical (unpaired) electrons. The van der Waals surface area contributed by atoms with Gasteiger partial charge in [0.25, 0.3) is 17.7 Å². The first-order valence-electron chi connectivity index (χ1n) is 10.8. The van der Waals surface area contributed by atoms with Gasteiger partial charge in [-0.3, -0.25) is 14.4 Å². The zero-order valence-corrected chi connectivity index (χ0v) is 20.4. The second kappa shape index (κ2) is 10.1. The highest BCUT2D eigenvalue weighted by molar-refractivity contribution is 7.09. The minimum atomic E-state index is -1.09. The lowest BCUT2D eigenvalue weighted by molar-refractivity contribution is -0.128. The van der Waals surface area contributed by atoms with E-state index in [0.29, 0.717) is 17.9 Å². The Hall–Kier alpha value is -3.66. The highest BCUT2D eigenvalue weighted by atomic mass is 32.1. The second-order valence-electron chi connectivity index (χ2n) is 8.63. The van der Waals surface area contributed by atoms with Crippen molar-refractivity contribution in [2.24, 2.45) is 5.73 Å². The number of benzene rings is 1. The van der Waals surface area contributed by atoms with Gasteiger partial charge in [-0.25, -0.2) is 0 Å². The number of hydrogen-bond donors (Lipinski definition) is 3. The van der Waals surface area contributed by atoms with Crippen LogP contribution in [0.1, 0.15) is 70.5 Å². The first-order valence-corrected chi connectivity index (χ1v) is 11.6. The molecule has 1 atom stereocenters. The normalized spacial score (nSPS) is 12.2. The number of anilines is 1. The lowest BCUT2D eigenvalue weighted by atomic mass is 10.0. The average molecular weight is 484 g/mol. The molecular formula is C24H29N5O4S. The van der Waals surface area contributed by atoms with Crippen LogP contribution >= 0.6 is 11.5 Å². The minimum Gasteiger partial charge on any atom is -0.464 e. The van der Waals surface area contributed by atoms with Gasteiger partial charge in [-0.2, -0.15) is 4.37 Å². The van der Waals surface area contributed by atoms with Gasteiger partial charge < -0.3 is 26.1 Å². The number of carbonyl (C=O) groups is 3. The Morgan fingerprint density at radius 3 is 2.38 bits per heavy atom. The van der Waals surface area contributed by atoms with Crippen molar-refractivity contribution < 1.29 is 18.8 Å². The number of nitrogens with zero attached hydrogens (tertiary/aromatic N) is 2. The van der Waals surface area contributed by atoms with E-state index in [2.05, 4.69) is 9.69 Å². The van der Waals surface area contributed by atoms with E-state index < -0.39 is 29.3 Å². The summed E-state index contributed by atoms with van der Waals surface area (Å²) in [4.78, 5) is 40.5. The van der Waals surface area contributed by atoms with Crippen molar-refractivity contribution in [3.63, 3.8) is 0 Å². The molecule has 3 rings (SSSR count). The smallest absolute Gasteiger partial charge is 0.270 e. The summed E-state index contributed by atoms with van der Waals surface area (Å²) in [6.07, 6.45) is 0.680. The van der Waals surface area contributed by atoms with E-state index in [-0.39, 0.29) is 22.8 Å². The SMILES string of the molecule is CCC(C)(C)NC(=O)C(c1ccc(C)o1)N(Cc1ccccc1)C(=O)c1snc(C(N)=O)c1N. The van der Waals surface area contributed by atoms with E-state index in [1.165, 1.54) is 4.90 Å². The van der Waals surface area contributed by atoms with Gasteiger partial charge in [-0.05, 0) is 56.4 Å². The van der Waals surface area contributed by atoms with Crippen molar-refractivity contribution in [1.82, 2.24) is 14.6 Å². The van der Waals surface area contributed by atoms with Gasteiger partial charge in [-0.1, -0.05) is 37.3 Å². The summed E-state index contributed by atoms with van der Waals surface area (Å²) < 4.78 is 9.77. The highest BCUT2D eigenvalue weighted by Crippen LogP contribution is 2.31. The third kappa shape index (κ3) is 5.45. The number of furan rings is 1. The van der Waals surface area contributed by atoms with Crippen molar-refractivity contribution in [2.45, 2.75) is 52.2 Å². The molecule has 1 aromatic carbocycles. The van der Waals surface area contributed by atoms with Gasteiger partial charge in [-0.15, -0.1) is 0 Å². The van der Waals surface area contributed by atoms with Gasteiger partial charge in [0.15, 0.2) is 11.7 Å². The molecule has 0 bridgehead atoms. The molecule has 0 spiro atoms. The molecule has 2 aromatic heterocycles. The summed E-state index contributed by atoms with van der Waals surface area (Å²) in [5.74, 6) is -0.881. The Kier molecular flexibility index (Phi) is 7.41. The van der Waals surface area contributed by atoms with Crippen LogP contribution < -0.4 is 16.8 Å². The summed E-state index contributed by atoms with van der Waals surface area (Å²) in [6, 6.07) is 11.6. The molecule has 34 heavy (non-hydrogen) atoms. The van der Waals surface area contributed by atoms with Crippen LogP contribution in [-0.4, -0.2) is 32.5 Å². The standard InChI is InChI=1S/C24H29N5O4S/c1-5-24(3,4)27-22(31)19(16-12-11-14(2)33-16)29(13-15-9-7-6-8-10-15)23(32)20-17(25)18(21(26)30)28-34-20/h6-12,19H,5,13,25H2,1-4H3,(H2,26,30)(H,27,31). The third-order valence-electron chi connectivity index (χ3n) is 5.55. The fraction of sp³-hybridized carbons (Fsp3) is 0.333. The number of aryl methyl sites for hydroxylation is 1. The van der Waals surface area contributed by atoms with E-state index in [0.717, 1.165) is 17.1 Å². The summed E-state index contributed by atoms with van der Waals surface area (Å²) in [5.41, 5.74) is 11.4. The average Bonchev–Trinajstić information content (AvgIpc) is 3.38. The van der Waals surface area contributed by atoms with Gasteiger partial charge in [0, 0.05) is 12.1 Å². The van der Waals surface area contributed by atoms with E-state index in [9.17, 15) is 14.4 Å². The van der Waals surface area contributed by atoms with Crippen molar-refractivity contribution in [3.05, 3.63) is 70.1 Å². The monoisotopic (exact) mass is 483 g/mol. The number of nitrogen functional groups attached to an aromatic ring is 1. The van der Waals surface area contributed by atoms with Gasteiger partial charge in [0.05, 0.1) is 5.69 Å². The van der Waals surface area contributed by atoms with E-state index in [4.69, 9.17) is 15.9 Å². The zero-order valence-electron chi connectivity index (χ0n) is 19.6. The van der Waals surface area contributed by atoms with Gasteiger partial charge >= 0.3 is 0 Å². The maximum atomic E-state index is 13.8. The van der Waals surface area contributed by atoms with Crippen LogP contribution in [0.5, 0.6) is 0 Å². The number of carbonyl (C=O) groups excluding carboxylic acids is 3. The summed E-state index contributed by atoms with van der Waals surface area (Å²) in [7, 11) is 0. The van der Waals surface area contributed by atoms with Crippen LogP contribution in [0.4, 0.5) is 5.69 Å². The zero-order chi connectivity index (χ0) is 25.0. The fourth-order valence-electron chi connectivity index (χ4n) is 3.34. The molecule has 3 aromatic rings. The second-order valence-corrected chi connectivity index (χ2v) is 9.41. The molecular weight excluding hydrogens is 454 g/mol. The molecule has 1 unspecified atom stereocenters. The highest BCUT2D eigenvalue weighted by Gasteiger charge is 2.38. The van der Waals surface area contributed by atoms with E-state index in [1.807, 2.05) is 51.1 Å². The minimum absolute atomic E-state index is 0.0283. The predicted molar refractivity (Wildman–Crippen MR) is 130 cm³/mol. The molecule has 5 N–H and O–H groups in total. The van der Waals surface area contributed by atoms with Crippen LogP contribution in [0.25, 0.3) is 0 Å². The largest absolute Gasteiger partial charge is 0.464 e. The number of nitrogens with one attached hydrogen (secondary N) is 1. The van der Waals surface area contributed by atoms with Crippen LogP contribution in [0.15, 0.2) is 46.9 Å². The molecule has 9 nitrogen and oxygen atoms in total. The van der Waals surface area contributed by atoms with E-state index in [1.54, 1.807) is 19.1 Å². The predicted octanol–water partition coefficient (Wildman–Crippen LogP) is 3.41. The van der Waals surface area contributed by atoms with Crippen molar-refractivity contribution >= 4 is 34.9 Å². The number of primary amides is 1. The van der Waals surface area contributed by atoms with Crippen molar-refractivity contribution in [2.75, 3.05) is 5.73 Å². The maximum absolute atomic E-state index is 13.8. The first-order chi connectivity index (χ1) is 16.0. The molecule has 10 heteroatoms. The van der Waals surface area contributed by atoms with Crippen molar-refractivity contribution in [3.8, 4) is 0 Å². The number of nitrogens with two attached hydrogens (primary N) is 2. The lowest BCUT2D eigenvalue weighted by Crippen LogP contribution is -2.50. The fourth-order valence-corrected chi connectivity index (χ4v) is 4.10. The first kappa shape index (κ1) is 25.0. The Balaban J connectivity index is 2.12. The lowest BCUT2D eigenvalue weighted by Gasteiger charge is -2.33. The van der Waals surface area contributed by atoms with Gasteiger partial charge in [0.2, 0.25) is 0 Å². The summed E-state index contributed by atoms with van der Waals surface area (Å²) in [5, 5.41) is 3.01. The Labute approximate surface area is 202 Å². The maximum Gasteiger partial charge on any atom is 0.270 e. The molecule has 0 aliphatic heterocycles.